The van der Waals surface area contributed by atoms with Crippen LogP contribution < -0.4 is 0 Å². The standard InChI is InChI=1S/C3H7F2O2P/c4-3(5)2(6)1-7-8/h2-3,6H,1,8H2. The summed E-state index contributed by atoms with van der Waals surface area (Å²) < 4.78 is 26.7. The van der Waals surface area contributed by atoms with Gasteiger partial charge in [0, 0.05) is 9.47 Å². The van der Waals surface area contributed by atoms with Gasteiger partial charge in [0.1, 0.15) is 6.10 Å². The molecule has 0 fully saturated rings. The molecule has 8 heavy (non-hydrogen) atoms. The van der Waals surface area contributed by atoms with Crippen LogP contribution in [0.2, 0.25) is 0 Å². The van der Waals surface area contributed by atoms with E-state index in [1.54, 1.807) is 9.47 Å². The molecule has 1 N–H and O–H groups in total. The SMILES string of the molecule is OC(COP)C(F)F. The van der Waals surface area contributed by atoms with E-state index in [9.17, 15) is 8.78 Å². The fourth-order valence-corrected chi connectivity index (χ4v) is 0.369. The number of aliphatic hydroxyl groups is 1. The summed E-state index contributed by atoms with van der Waals surface area (Å²) in [5.41, 5.74) is 0. The number of hydrogen-bond acceptors (Lipinski definition) is 2. The van der Waals surface area contributed by atoms with Crippen molar-refractivity contribution in [2.24, 2.45) is 0 Å². The van der Waals surface area contributed by atoms with Crippen molar-refractivity contribution in [2.75, 3.05) is 6.61 Å². The van der Waals surface area contributed by atoms with Gasteiger partial charge in [-0.1, -0.05) is 0 Å². The molecule has 2 unspecified atom stereocenters. The number of aliphatic hydroxyl groups excluding tert-OH is 1. The van der Waals surface area contributed by atoms with Crippen LogP contribution in [0.15, 0.2) is 0 Å². The van der Waals surface area contributed by atoms with Crippen molar-refractivity contribution in [1.82, 2.24) is 0 Å². The smallest absolute Gasteiger partial charge is 0.266 e. The van der Waals surface area contributed by atoms with Crippen molar-refractivity contribution < 1.29 is 18.4 Å². The summed E-state index contributed by atoms with van der Waals surface area (Å²) in [5, 5.41) is 8.24. The molecule has 0 spiro atoms. The fraction of sp³-hybridized carbons (Fsp3) is 1.00. The minimum Gasteiger partial charge on any atom is -0.385 e. The molecule has 0 aliphatic carbocycles. The Morgan fingerprint density at radius 3 is 2.25 bits per heavy atom. The highest BCUT2D eigenvalue weighted by atomic mass is 31.0. The maximum atomic E-state index is 11.3. The Labute approximate surface area is 48.1 Å². The third kappa shape index (κ3) is 3.24. The highest BCUT2D eigenvalue weighted by molar-refractivity contribution is 7.09. The van der Waals surface area contributed by atoms with Crippen LogP contribution in [0.4, 0.5) is 8.78 Å². The maximum absolute atomic E-state index is 11.3. The highest BCUT2D eigenvalue weighted by Crippen LogP contribution is 2.01. The summed E-state index contributed by atoms with van der Waals surface area (Å²) in [6.45, 7) is -0.345. The van der Waals surface area contributed by atoms with Crippen molar-refractivity contribution in [3.63, 3.8) is 0 Å². The van der Waals surface area contributed by atoms with E-state index in [0.29, 0.717) is 0 Å². The first-order valence-corrected chi connectivity index (χ1v) is 2.43. The number of rotatable bonds is 3. The summed E-state index contributed by atoms with van der Waals surface area (Å²) >= 11 is 0. The van der Waals surface area contributed by atoms with Gasteiger partial charge in [-0.25, -0.2) is 8.78 Å². The Morgan fingerprint density at radius 2 is 2.12 bits per heavy atom. The molecule has 0 saturated carbocycles. The third-order valence-electron chi connectivity index (χ3n) is 0.558. The predicted molar refractivity (Wildman–Crippen MR) is 27.7 cm³/mol. The van der Waals surface area contributed by atoms with E-state index in [0.717, 1.165) is 0 Å². The van der Waals surface area contributed by atoms with Crippen LogP contribution >= 0.6 is 9.47 Å². The lowest BCUT2D eigenvalue weighted by Crippen LogP contribution is -2.21. The van der Waals surface area contributed by atoms with Crippen LogP contribution in [0.5, 0.6) is 0 Å². The van der Waals surface area contributed by atoms with E-state index in [4.69, 9.17) is 5.11 Å². The Balaban J connectivity index is 3.17. The van der Waals surface area contributed by atoms with Crippen LogP contribution in [0.1, 0.15) is 0 Å². The molecular formula is C3H7F2O2P. The second-order valence-corrected chi connectivity index (χ2v) is 1.57. The van der Waals surface area contributed by atoms with Crippen molar-refractivity contribution in [3.05, 3.63) is 0 Å². The topological polar surface area (TPSA) is 29.5 Å². The van der Waals surface area contributed by atoms with Gasteiger partial charge < -0.3 is 9.63 Å². The first-order valence-electron chi connectivity index (χ1n) is 1.96. The lowest BCUT2D eigenvalue weighted by molar-refractivity contribution is -0.0251. The van der Waals surface area contributed by atoms with Crippen LogP contribution in [0.25, 0.3) is 0 Å². The number of halogens is 2. The molecule has 0 aromatic carbocycles. The van der Waals surface area contributed by atoms with Gasteiger partial charge >= 0.3 is 0 Å². The summed E-state index contributed by atoms with van der Waals surface area (Å²) in [6, 6.07) is 0. The van der Waals surface area contributed by atoms with Gasteiger partial charge in [0.25, 0.3) is 6.43 Å². The van der Waals surface area contributed by atoms with Crippen molar-refractivity contribution in [3.8, 4) is 0 Å². The fourth-order valence-electron chi connectivity index (χ4n) is 0.171. The summed E-state index contributed by atoms with van der Waals surface area (Å²) in [5.74, 6) is 0. The zero-order valence-corrected chi connectivity index (χ0v) is 5.21. The average Bonchev–Trinajstić information content (AvgIpc) is 1.67. The van der Waals surface area contributed by atoms with Crippen LogP contribution in [0.3, 0.4) is 0 Å². The molecule has 5 heteroatoms. The number of alkyl halides is 2. The molecule has 50 valence electrons. The summed E-state index contributed by atoms with van der Waals surface area (Å²) in [4.78, 5) is 0. The molecule has 0 rings (SSSR count). The van der Waals surface area contributed by atoms with Crippen molar-refractivity contribution >= 4 is 9.47 Å². The third-order valence-corrected chi connectivity index (χ3v) is 0.750. The van der Waals surface area contributed by atoms with E-state index in [1.807, 2.05) is 0 Å². The van der Waals surface area contributed by atoms with Gasteiger partial charge in [0.15, 0.2) is 0 Å². The molecule has 2 nitrogen and oxygen atoms in total. The molecule has 0 amide bonds. The molecule has 0 aromatic rings. The molecule has 0 bridgehead atoms. The number of hydrogen-bond donors (Lipinski definition) is 1. The summed E-state index contributed by atoms with van der Waals surface area (Å²) in [7, 11) is 1.78. The Bertz CT molecular complexity index is 61.2. The molecule has 0 aliphatic heterocycles. The second kappa shape index (κ2) is 4.13. The highest BCUT2D eigenvalue weighted by Gasteiger charge is 2.15. The van der Waals surface area contributed by atoms with Gasteiger partial charge in [0.2, 0.25) is 0 Å². The Hall–Kier alpha value is 0.210. The predicted octanol–water partition coefficient (Wildman–Crippen LogP) is 0.419. The van der Waals surface area contributed by atoms with E-state index in [1.165, 1.54) is 0 Å². The zero-order chi connectivity index (χ0) is 6.57. The van der Waals surface area contributed by atoms with Crippen LogP contribution in [-0.2, 0) is 4.52 Å². The first kappa shape index (κ1) is 8.21. The minimum atomic E-state index is -2.71. The first-order chi connectivity index (χ1) is 3.68. The van der Waals surface area contributed by atoms with Gasteiger partial charge in [-0.05, 0) is 0 Å². The normalized spacial score (nSPS) is 14.6. The van der Waals surface area contributed by atoms with Crippen molar-refractivity contribution in [2.45, 2.75) is 12.5 Å². The maximum Gasteiger partial charge on any atom is 0.266 e. The van der Waals surface area contributed by atoms with E-state index >= 15 is 0 Å². The van der Waals surface area contributed by atoms with E-state index in [-0.39, 0.29) is 6.61 Å². The average molecular weight is 144 g/mol. The van der Waals surface area contributed by atoms with E-state index in [2.05, 4.69) is 4.52 Å². The molecule has 0 aromatic heterocycles. The van der Waals surface area contributed by atoms with Crippen LogP contribution in [-0.4, -0.2) is 24.2 Å². The minimum absolute atomic E-state index is 0.345. The molecule has 2 atom stereocenters. The van der Waals surface area contributed by atoms with Gasteiger partial charge in [-0.15, -0.1) is 0 Å². The molecule has 0 aliphatic rings. The molecule has 0 saturated heterocycles. The van der Waals surface area contributed by atoms with Gasteiger partial charge in [-0.2, -0.15) is 0 Å². The largest absolute Gasteiger partial charge is 0.385 e. The lowest BCUT2D eigenvalue weighted by atomic mass is 10.4. The summed E-state index contributed by atoms with van der Waals surface area (Å²) in [6.07, 6.45) is -4.37. The molecular weight excluding hydrogens is 137 g/mol. The second-order valence-electron chi connectivity index (χ2n) is 1.24. The van der Waals surface area contributed by atoms with Gasteiger partial charge in [0.05, 0.1) is 6.61 Å². The Morgan fingerprint density at radius 1 is 1.62 bits per heavy atom. The Kier molecular flexibility index (Phi) is 4.23. The molecule has 0 radical (unpaired) electrons. The quantitative estimate of drug-likeness (QED) is 0.581. The monoisotopic (exact) mass is 144 g/mol. The van der Waals surface area contributed by atoms with E-state index < -0.39 is 12.5 Å². The van der Waals surface area contributed by atoms with Crippen LogP contribution in [0, 0.1) is 0 Å². The molecule has 0 heterocycles. The van der Waals surface area contributed by atoms with Gasteiger partial charge in [-0.3, -0.25) is 0 Å². The zero-order valence-electron chi connectivity index (χ0n) is 4.05. The lowest BCUT2D eigenvalue weighted by Gasteiger charge is -2.05. The van der Waals surface area contributed by atoms with Crippen molar-refractivity contribution in [1.29, 1.82) is 0 Å².